The first kappa shape index (κ1) is 12.0. The van der Waals surface area contributed by atoms with E-state index in [-0.39, 0.29) is 23.8 Å². The number of rotatable bonds is 4. The molecular formula is C10H14N3O3+. The van der Waals surface area contributed by atoms with Crippen LogP contribution in [-0.2, 0) is 6.54 Å². The molecular weight excluding hydrogens is 210 g/mol. The van der Waals surface area contributed by atoms with Crippen LogP contribution < -0.4 is 10.2 Å². The Kier molecular flexibility index (Phi) is 3.89. The van der Waals surface area contributed by atoms with E-state index in [1.54, 1.807) is 0 Å². The molecule has 1 aromatic heterocycles. The van der Waals surface area contributed by atoms with Crippen LogP contribution in [0.2, 0.25) is 0 Å². The molecule has 6 nitrogen and oxygen atoms in total. The van der Waals surface area contributed by atoms with Crippen LogP contribution in [0.4, 0.5) is 0 Å². The van der Waals surface area contributed by atoms with Gasteiger partial charge in [-0.15, -0.1) is 0 Å². The molecule has 86 valence electrons. The normalized spacial score (nSPS) is 9.94. The zero-order valence-corrected chi connectivity index (χ0v) is 9.51. The first-order valence-corrected chi connectivity index (χ1v) is 4.86. The molecule has 0 unspecified atom stereocenters. The summed E-state index contributed by atoms with van der Waals surface area (Å²) in [6.45, 7) is 3.95. The Morgan fingerprint density at radius 1 is 1.62 bits per heavy atom. The number of hydrogen-bond donors (Lipinski definition) is 0. The standard InChI is InChI=1S/C10H14N3O3/c1-7(2)13(12-11)5-8-4-9(14)10(15-3)6-16-8/h4,6-7H,5H2,1-3H3/q+1. The van der Waals surface area contributed by atoms with Crippen LogP contribution in [0.5, 0.6) is 5.75 Å². The highest BCUT2D eigenvalue weighted by Gasteiger charge is 2.20. The van der Waals surface area contributed by atoms with Crippen molar-refractivity contribution in [3.05, 3.63) is 33.4 Å². The maximum Gasteiger partial charge on any atom is 0.306 e. The van der Waals surface area contributed by atoms with Crippen LogP contribution >= 0.6 is 0 Å². The lowest BCUT2D eigenvalue weighted by molar-refractivity contribution is 0.261. The summed E-state index contributed by atoms with van der Waals surface area (Å²) in [6.07, 6.45) is 1.24. The average Bonchev–Trinajstić information content (AvgIpc) is 2.25. The summed E-state index contributed by atoms with van der Waals surface area (Å²) < 4.78 is 9.96. The minimum Gasteiger partial charge on any atom is -0.490 e. The molecule has 0 fully saturated rings. The van der Waals surface area contributed by atoms with Gasteiger partial charge in [0.2, 0.25) is 11.2 Å². The van der Waals surface area contributed by atoms with Gasteiger partial charge in [0.25, 0.3) is 5.39 Å². The molecule has 1 heterocycles. The van der Waals surface area contributed by atoms with Gasteiger partial charge in [-0.1, -0.05) is 0 Å². The third kappa shape index (κ3) is 2.73. The summed E-state index contributed by atoms with van der Waals surface area (Å²) in [5, 5.41) is 13.2. The third-order valence-corrected chi connectivity index (χ3v) is 2.10. The smallest absolute Gasteiger partial charge is 0.306 e. The van der Waals surface area contributed by atoms with Gasteiger partial charge in [-0.05, 0) is 18.9 Å². The highest BCUT2D eigenvalue weighted by Crippen LogP contribution is 2.10. The highest BCUT2D eigenvalue weighted by atomic mass is 16.5. The van der Waals surface area contributed by atoms with E-state index in [9.17, 15) is 4.79 Å². The first-order valence-electron chi connectivity index (χ1n) is 4.86. The van der Waals surface area contributed by atoms with Crippen molar-refractivity contribution >= 4 is 0 Å². The van der Waals surface area contributed by atoms with Gasteiger partial charge in [0.15, 0.2) is 6.54 Å². The molecule has 0 aliphatic carbocycles. The van der Waals surface area contributed by atoms with Gasteiger partial charge in [0.05, 0.1) is 13.2 Å². The first-order chi connectivity index (χ1) is 7.58. The van der Waals surface area contributed by atoms with Crippen LogP contribution in [0.1, 0.15) is 19.6 Å². The topological polar surface area (TPSA) is 70.8 Å². The molecule has 6 heteroatoms. The van der Waals surface area contributed by atoms with Crippen molar-refractivity contribution in [2.24, 2.45) is 0 Å². The summed E-state index contributed by atoms with van der Waals surface area (Å²) in [4.78, 5) is 11.4. The second-order valence-corrected chi connectivity index (χ2v) is 3.56. The lowest BCUT2D eigenvalue weighted by Crippen LogP contribution is -2.23. The van der Waals surface area contributed by atoms with E-state index in [2.05, 4.69) is 5.08 Å². The Morgan fingerprint density at radius 2 is 2.31 bits per heavy atom. The number of diazo groups is 1. The largest absolute Gasteiger partial charge is 0.490 e. The molecule has 0 aliphatic heterocycles. The van der Waals surface area contributed by atoms with Gasteiger partial charge < -0.3 is 9.15 Å². The predicted octanol–water partition coefficient (Wildman–Crippen LogP) is 1.63. The van der Waals surface area contributed by atoms with E-state index in [0.717, 1.165) is 0 Å². The SMILES string of the molecule is COc1coc(CN([N+]#N)C(C)C)cc1=O. The number of nitrogens with zero attached hydrogens (tertiary/aromatic N) is 3. The van der Waals surface area contributed by atoms with Gasteiger partial charge >= 0.3 is 5.08 Å². The van der Waals surface area contributed by atoms with E-state index in [0.29, 0.717) is 5.76 Å². The van der Waals surface area contributed by atoms with Crippen molar-refractivity contribution in [2.75, 3.05) is 7.11 Å². The fourth-order valence-corrected chi connectivity index (χ4v) is 1.15. The minimum atomic E-state index is -0.259. The number of hydrogen-bond acceptors (Lipinski definition) is 5. The molecule has 0 saturated carbocycles. The van der Waals surface area contributed by atoms with E-state index in [1.165, 1.54) is 24.4 Å². The molecule has 1 rings (SSSR count). The Bertz CT molecular complexity index is 447. The summed E-state index contributed by atoms with van der Waals surface area (Å²) in [6, 6.07) is 1.33. The molecule has 0 N–H and O–H groups in total. The fourth-order valence-electron chi connectivity index (χ4n) is 1.15. The van der Waals surface area contributed by atoms with Crippen LogP contribution in [0.25, 0.3) is 5.08 Å². The fraction of sp³-hybridized carbons (Fsp3) is 0.500. The van der Waals surface area contributed by atoms with Crippen LogP contribution in [0, 0.1) is 5.39 Å². The summed E-state index contributed by atoms with van der Waals surface area (Å²) in [7, 11) is 1.40. The maximum absolute atomic E-state index is 11.4. The Morgan fingerprint density at radius 3 is 2.75 bits per heavy atom. The maximum atomic E-state index is 11.4. The lowest BCUT2D eigenvalue weighted by atomic mass is 10.3. The molecule has 0 amide bonds. The van der Waals surface area contributed by atoms with E-state index < -0.39 is 0 Å². The van der Waals surface area contributed by atoms with Crippen LogP contribution in [0.15, 0.2) is 21.5 Å². The molecule has 0 aromatic carbocycles. The van der Waals surface area contributed by atoms with Gasteiger partial charge in [-0.2, -0.15) is 0 Å². The third-order valence-electron chi connectivity index (χ3n) is 2.10. The Labute approximate surface area is 93.0 Å². The highest BCUT2D eigenvalue weighted by molar-refractivity contribution is 5.17. The van der Waals surface area contributed by atoms with Crippen molar-refractivity contribution in [1.82, 2.24) is 5.01 Å². The van der Waals surface area contributed by atoms with Crippen molar-refractivity contribution in [3.63, 3.8) is 0 Å². The van der Waals surface area contributed by atoms with Crippen molar-refractivity contribution in [3.8, 4) is 5.75 Å². The summed E-state index contributed by atoms with van der Waals surface area (Å²) in [5.41, 5.74) is -0.259. The van der Waals surface area contributed by atoms with Gasteiger partial charge in [0, 0.05) is 6.07 Å². The van der Waals surface area contributed by atoms with E-state index in [4.69, 9.17) is 14.5 Å². The summed E-state index contributed by atoms with van der Waals surface area (Å²) >= 11 is 0. The summed E-state index contributed by atoms with van der Waals surface area (Å²) in [5.74, 6) is 0.568. The van der Waals surface area contributed by atoms with Crippen LogP contribution in [-0.4, -0.2) is 18.2 Å². The van der Waals surface area contributed by atoms with Crippen molar-refractivity contribution in [1.29, 1.82) is 5.39 Å². The van der Waals surface area contributed by atoms with Crippen molar-refractivity contribution < 1.29 is 9.15 Å². The zero-order chi connectivity index (χ0) is 12.1. The molecule has 1 aromatic rings. The minimum absolute atomic E-state index is 0.0115. The molecule has 0 spiro atoms. The predicted molar refractivity (Wildman–Crippen MR) is 57.3 cm³/mol. The molecule has 16 heavy (non-hydrogen) atoms. The lowest BCUT2D eigenvalue weighted by Gasteiger charge is -2.07. The molecule has 0 aliphatic rings. The Balaban J connectivity index is 2.87. The van der Waals surface area contributed by atoms with E-state index >= 15 is 0 Å². The number of methoxy groups -OCH3 is 1. The average molecular weight is 224 g/mol. The van der Waals surface area contributed by atoms with Crippen molar-refractivity contribution in [2.45, 2.75) is 26.4 Å². The molecule has 0 radical (unpaired) electrons. The molecule has 0 bridgehead atoms. The van der Waals surface area contributed by atoms with Gasteiger partial charge in [-0.3, -0.25) is 4.79 Å². The van der Waals surface area contributed by atoms with Gasteiger partial charge in [0.1, 0.15) is 12.0 Å². The monoisotopic (exact) mass is 224 g/mol. The van der Waals surface area contributed by atoms with E-state index in [1.807, 2.05) is 13.8 Å². The molecule has 0 saturated heterocycles. The number of ether oxygens (including phenoxy) is 1. The second-order valence-electron chi connectivity index (χ2n) is 3.56. The second kappa shape index (κ2) is 5.16. The quantitative estimate of drug-likeness (QED) is 0.574. The van der Waals surface area contributed by atoms with Gasteiger partial charge in [-0.25, -0.2) is 0 Å². The zero-order valence-electron chi connectivity index (χ0n) is 9.51. The Hall–Kier alpha value is -2.03. The van der Waals surface area contributed by atoms with Crippen LogP contribution in [0.3, 0.4) is 0 Å². The molecule has 0 atom stereocenters.